The number of benzene rings is 6. The van der Waals surface area contributed by atoms with E-state index in [4.69, 9.17) is 0 Å². The minimum atomic E-state index is -3.08. The van der Waals surface area contributed by atoms with Crippen LogP contribution in [0.15, 0.2) is 91.0 Å². The summed E-state index contributed by atoms with van der Waals surface area (Å²) >= 11 is 0. The largest absolute Gasteiger partial charge is 0.380 e. The average Bonchev–Trinajstić information content (AvgIpc) is 1.60. The quantitative estimate of drug-likeness (QED) is 0.0281. The molecule has 6 atom stereocenters. The van der Waals surface area contributed by atoms with Crippen LogP contribution in [0.3, 0.4) is 0 Å². The Hall–Kier alpha value is -8.16. The molecule has 9 heterocycles. The number of aromatic nitrogens is 3. The molecule has 6 aliphatic rings. The highest BCUT2D eigenvalue weighted by atomic mass is 19.3. The molecule has 0 bridgehead atoms. The summed E-state index contributed by atoms with van der Waals surface area (Å²) in [5, 5.41) is 11.2. The second kappa shape index (κ2) is 34.6. The minimum absolute atomic E-state index is 0.0242. The Morgan fingerprint density at radius 1 is 0.377 bits per heavy atom. The van der Waals surface area contributed by atoms with Gasteiger partial charge in [-0.1, -0.05) is 45.0 Å². The van der Waals surface area contributed by atoms with E-state index in [-0.39, 0.29) is 69.6 Å². The van der Waals surface area contributed by atoms with Crippen LogP contribution in [0.4, 0.5) is 96.1 Å². The number of nitrogens with zero attached hydrogens (tertiary/aromatic N) is 6. The van der Waals surface area contributed by atoms with E-state index in [9.17, 15) is 52.7 Å². The number of para-hydroxylation sites is 2. The molecule has 0 amide bonds. The molecule has 0 spiro atoms. The van der Waals surface area contributed by atoms with Crippen molar-refractivity contribution in [2.75, 3.05) is 115 Å². The summed E-state index contributed by atoms with van der Waals surface area (Å²) in [5.74, 6) is -15.9. The van der Waals surface area contributed by atoms with Crippen LogP contribution in [0.1, 0.15) is 149 Å². The van der Waals surface area contributed by atoms with E-state index in [1.807, 2.05) is 14.7 Å². The van der Waals surface area contributed by atoms with Gasteiger partial charge in [0.25, 0.3) is 17.8 Å². The third-order valence-corrected chi connectivity index (χ3v) is 23.4. The molecule has 6 N–H and O–H groups in total. The number of H-pyrrole nitrogens is 3. The summed E-state index contributed by atoms with van der Waals surface area (Å²) in [5.41, 5.74) is 3.74. The first-order chi connectivity index (χ1) is 54.3. The van der Waals surface area contributed by atoms with Crippen molar-refractivity contribution in [1.29, 1.82) is 0 Å². The normalized spacial score (nSPS) is 21.1. The van der Waals surface area contributed by atoms with Crippen LogP contribution in [-0.2, 0) is 19.3 Å². The predicted octanol–water partition coefficient (Wildman–Crippen LogP) is 19.3. The first-order valence-electron chi connectivity index (χ1n) is 39.2. The molecule has 0 unspecified atom stereocenters. The van der Waals surface area contributed by atoms with Gasteiger partial charge in [-0.05, 0) is 143 Å². The van der Waals surface area contributed by atoms with Crippen molar-refractivity contribution >= 4 is 49.8 Å². The van der Waals surface area contributed by atoms with Crippen molar-refractivity contribution in [1.82, 2.24) is 44.4 Å². The number of anilines is 3. The van der Waals surface area contributed by atoms with Crippen LogP contribution >= 0.6 is 0 Å². The van der Waals surface area contributed by atoms with E-state index in [0.717, 1.165) is 5.56 Å². The third kappa shape index (κ3) is 17.7. The molecule has 15 rings (SSSR count). The summed E-state index contributed by atoms with van der Waals surface area (Å²) < 4.78 is 263. The lowest BCUT2D eigenvalue weighted by molar-refractivity contribution is -0.0554. The maximum absolute atomic E-state index is 15.7. The van der Waals surface area contributed by atoms with Crippen molar-refractivity contribution in [3.05, 3.63) is 194 Å². The molecular weight excluding hydrogens is 1520 g/mol. The summed E-state index contributed by atoms with van der Waals surface area (Å²) in [4.78, 5) is 19.5. The van der Waals surface area contributed by atoms with Crippen molar-refractivity contribution in [3.63, 3.8) is 0 Å². The zero-order chi connectivity index (χ0) is 81.6. The monoisotopic (exact) mass is 1610 g/mol. The highest BCUT2D eigenvalue weighted by Crippen LogP contribution is 2.49. The smallest absolute Gasteiger partial charge is 0.260 e. The molecule has 0 saturated carbocycles. The fraction of sp³-hybridized carbons (Fsp3) is 0.500. The molecule has 618 valence electrons. The fourth-order valence-corrected chi connectivity index (χ4v) is 17.3. The van der Waals surface area contributed by atoms with Gasteiger partial charge in [-0.15, -0.1) is 0 Å². The van der Waals surface area contributed by atoms with Crippen molar-refractivity contribution in [3.8, 4) is 0 Å². The van der Waals surface area contributed by atoms with Crippen LogP contribution in [-0.4, -0.2) is 197 Å². The Kier molecular flexibility index (Phi) is 25.4. The predicted molar refractivity (Wildman–Crippen MR) is 408 cm³/mol. The van der Waals surface area contributed by atoms with E-state index in [0.29, 0.717) is 147 Å². The number of rotatable bonds is 27. The van der Waals surface area contributed by atoms with Crippen molar-refractivity contribution in [2.45, 2.75) is 171 Å². The van der Waals surface area contributed by atoms with Gasteiger partial charge in [-0.2, -0.15) is 0 Å². The molecule has 0 radical (unpaired) electrons. The van der Waals surface area contributed by atoms with Crippen LogP contribution in [0.25, 0.3) is 32.7 Å². The molecule has 0 aliphatic carbocycles. The van der Waals surface area contributed by atoms with Crippen molar-refractivity contribution < 1.29 is 79.0 Å². The first kappa shape index (κ1) is 83.8. The number of aromatic amines is 3. The summed E-state index contributed by atoms with van der Waals surface area (Å²) in [6, 6.07) is 15.5. The Morgan fingerprint density at radius 3 is 0.974 bits per heavy atom. The summed E-state index contributed by atoms with van der Waals surface area (Å²) in [6.45, 7) is 11.8. The first-order valence-corrected chi connectivity index (χ1v) is 39.2. The maximum Gasteiger partial charge on any atom is 0.260 e. The Labute approximate surface area is 650 Å². The van der Waals surface area contributed by atoms with Crippen molar-refractivity contribution in [2.24, 2.45) is 0 Å². The van der Waals surface area contributed by atoms with Gasteiger partial charge in [-0.25, -0.2) is 65.9 Å². The number of alkyl halides is 9. The van der Waals surface area contributed by atoms with Gasteiger partial charge >= 0.3 is 0 Å². The molecule has 6 aliphatic heterocycles. The number of hydrogen-bond acceptors (Lipinski definition) is 9. The van der Waals surface area contributed by atoms with Crippen LogP contribution < -0.4 is 16.0 Å². The minimum Gasteiger partial charge on any atom is -0.380 e. The molecule has 30 heteroatoms. The Morgan fingerprint density at radius 2 is 0.675 bits per heavy atom. The zero-order valence-electron chi connectivity index (χ0n) is 64.3. The molecule has 9 aromatic rings. The highest BCUT2D eigenvalue weighted by molar-refractivity contribution is 5.88. The SMILES string of the molecule is CCC(F)(F)CN1[C@@H](c2c(F)cc(NC3CN(CCCF)C3)cc2F)c2[nH]c3c(F)cccc3c2C[C@@H]1C.CCC(F)(F)CN1[C@H](c2c(F)cc(NC3CN(CCCF)C3)cc2F)c2[nH]c3c(F)cccc3c2C[C@H]1C.CCC(F)(F)CN1[C@H](c2c(F)cc(NC3CN(CCCF)C3)cc2F)c2[nH]c3cc(F)ccc3c2C[C@H]1C. The lowest BCUT2D eigenvalue weighted by atomic mass is 9.87. The van der Waals surface area contributed by atoms with Gasteiger partial charge in [0.1, 0.15) is 52.4 Å². The number of halogens is 18. The highest BCUT2D eigenvalue weighted by Gasteiger charge is 2.48. The third-order valence-electron chi connectivity index (χ3n) is 23.4. The van der Waals surface area contributed by atoms with Gasteiger partial charge in [0.15, 0.2) is 0 Å². The lowest BCUT2D eigenvalue weighted by Crippen LogP contribution is -2.54. The van der Waals surface area contributed by atoms with E-state index < -0.39 is 159 Å². The average molecular weight is 1620 g/mol. The van der Waals surface area contributed by atoms with Gasteiger partial charge < -0.3 is 30.9 Å². The maximum atomic E-state index is 15.7. The molecule has 3 saturated heterocycles. The summed E-state index contributed by atoms with van der Waals surface area (Å²) in [7, 11) is 0. The molecule has 12 nitrogen and oxygen atoms in total. The van der Waals surface area contributed by atoms with Crippen LogP contribution in [0.2, 0.25) is 0 Å². The van der Waals surface area contributed by atoms with Gasteiger partial charge in [0.05, 0.1) is 86.9 Å². The van der Waals surface area contributed by atoms with Gasteiger partial charge in [0.2, 0.25) is 0 Å². The number of nitrogens with one attached hydrogen (secondary N) is 6. The number of likely N-dealkylation sites (tertiary alicyclic amines) is 3. The van der Waals surface area contributed by atoms with Crippen LogP contribution in [0.5, 0.6) is 0 Å². The number of hydrogen-bond donors (Lipinski definition) is 6. The molecule has 3 aromatic heterocycles. The zero-order valence-corrected chi connectivity index (χ0v) is 64.3. The molecule has 6 aromatic carbocycles. The van der Waals surface area contributed by atoms with E-state index >= 15 is 26.3 Å². The molecule has 114 heavy (non-hydrogen) atoms. The topological polar surface area (TPSA) is 103 Å². The van der Waals surface area contributed by atoms with E-state index in [1.54, 1.807) is 51.1 Å². The standard InChI is InChI=1S/3C28H32F6N4/c1-3-28(33,34)15-38-16(2)9-21-20-6-5-17(30)10-24(20)36-26(21)27(38)25-22(31)11-18(12-23(25)32)35-19-13-37(14-19)8-4-7-29;2*1-3-28(33,34)15-38-16(2)10-20-19-6-4-7-21(30)25(19)36-26(20)27(38)24-22(31)11-17(12-23(24)32)35-18-13-37(14-18)9-5-8-29/h5-6,10-12,16,19,27,35-36H,3-4,7-9,13-15H2,1-2H3;2*4,6-7,11-12,16,18,27,35-36H,3,5,8-10,13-15H2,1-2H3/t3*16-,27-/m110/s1. The molecule has 3 fully saturated rings. The second-order valence-electron chi connectivity index (χ2n) is 31.6. The molecular formula is C84H96F18N12. The summed E-state index contributed by atoms with van der Waals surface area (Å²) in [6.07, 6.45) is 1.11. The van der Waals surface area contributed by atoms with E-state index in [2.05, 4.69) is 30.9 Å². The van der Waals surface area contributed by atoms with Gasteiger partial charge in [-0.3, -0.25) is 42.6 Å². The second-order valence-corrected chi connectivity index (χ2v) is 31.6. The number of fused-ring (bicyclic) bond motifs is 9. The lowest BCUT2D eigenvalue weighted by Gasteiger charge is -2.42. The van der Waals surface area contributed by atoms with E-state index in [1.165, 1.54) is 96.1 Å². The van der Waals surface area contributed by atoms with Crippen LogP contribution in [0, 0.1) is 52.4 Å². The fourth-order valence-electron chi connectivity index (χ4n) is 17.3. The Bertz CT molecular complexity index is 4590. The Balaban J connectivity index is 0.000000149. The van der Waals surface area contributed by atoms with Gasteiger partial charge in [0, 0.05) is 169 Å².